The number of fused-ring (bicyclic) bond motifs is 1. The molecule has 0 unspecified atom stereocenters. The molecule has 7 nitrogen and oxygen atoms in total. The summed E-state index contributed by atoms with van der Waals surface area (Å²) in [4.78, 5) is 25.6. The molecule has 1 atom stereocenters. The maximum Gasteiger partial charge on any atom is 0.425 e. The summed E-state index contributed by atoms with van der Waals surface area (Å²) < 4.78 is 89.4. The lowest BCUT2D eigenvalue weighted by Gasteiger charge is -2.20. The van der Waals surface area contributed by atoms with Gasteiger partial charge in [-0.05, 0) is 38.0 Å². The molecule has 1 aromatic heterocycles. The minimum atomic E-state index is -4.87. The molecule has 14 heteroatoms. The third-order valence-corrected chi connectivity index (χ3v) is 5.86. The molecular formula is C22H17ClF6N4O3. The lowest BCUT2D eigenvalue weighted by atomic mass is 10.1. The van der Waals surface area contributed by atoms with Gasteiger partial charge in [-0.15, -0.1) is 5.10 Å². The van der Waals surface area contributed by atoms with Crippen molar-refractivity contribution in [3.8, 4) is 11.4 Å². The van der Waals surface area contributed by atoms with E-state index in [2.05, 4.69) is 5.10 Å². The van der Waals surface area contributed by atoms with Gasteiger partial charge in [0.05, 0.1) is 16.3 Å². The van der Waals surface area contributed by atoms with Gasteiger partial charge in [-0.3, -0.25) is 9.36 Å². The van der Waals surface area contributed by atoms with Gasteiger partial charge in [0, 0.05) is 19.0 Å². The molecule has 3 aromatic rings. The molecule has 0 aliphatic carbocycles. The highest BCUT2D eigenvalue weighted by Gasteiger charge is 2.39. The second-order valence-electron chi connectivity index (χ2n) is 7.99. The van der Waals surface area contributed by atoms with Crippen molar-refractivity contribution in [3.63, 3.8) is 0 Å². The molecular weight excluding hydrogens is 518 g/mol. The third-order valence-electron chi connectivity index (χ3n) is 5.54. The zero-order chi connectivity index (χ0) is 26.4. The molecule has 0 fully saturated rings. The summed E-state index contributed by atoms with van der Waals surface area (Å²) in [7, 11) is 0. The number of carbonyl (C=O) groups is 1. The smallest absolute Gasteiger partial charge is 0.425 e. The molecule has 1 aliphatic heterocycles. The Balaban J connectivity index is 1.81. The Morgan fingerprint density at radius 3 is 2.56 bits per heavy atom. The van der Waals surface area contributed by atoms with Crippen molar-refractivity contribution >= 4 is 23.2 Å². The van der Waals surface area contributed by atoms with Crippen molar-refractivity contribution in [3.05, 3.63) is 68.6 Å². The van der Waals surface area contributed by atoms with E-state index < -0.39 is 69.0 Å². The van der Waals surface area contributed by atoms with Gasteiger partial charge in [0.25, 0.3) is 5.91 Å². The Labute approximate surface area is 204 Å². The van der Waals surface area contributed by atoms with Gasteiger partial charge in [-0.25, -0.2) is 18.0 Å². The molecule has 4 rings (SSSR count). The van der Waals surface area contributed by atoms with E-state index in [4.69, 9.17) is 16.3 Å². The van der Waals surface area contributed by atoms with E-state index in [1.54, 1.807) is 0 Å². The van der Waals surface area contributed by atoms with Gasteiger partial charge in [-0.1, -0.05) is 11.6 Å². The number of nitrogens with zero attached hydrogens (tertiary/aromatic N) is 3. The van der Waals surface area contributed by atoms with Crippen LogP contribution in [0.5, 0.6) is 5.75 Å². The first-order chi connectivity index (χ1) is 16.9. The maximum atomic E-state index is 15.1. The average Bonchev–Trinajstić information content (AvgIpc) is 3.15. The highest BCUT2D eigenvalue weighted by molar-refractivity contribution is 6.34. The van der Waals surface area contributed by atoms with Crippen molar-refractivity contribution in [2.75, 3.05) is 5.32 Å². The Bertz CT molecular complexity index is 1400. The molecule has 36 heavy (non-hydrogen) atoms. The fourth-order valence-electron chi connectivity index (χ4n) is 3.62. The standard InChI is InChI=1S/C22H17ClF6N4O3/c1-10(22(27,28)29)36-16-9-15(33-21(35)32-7-3-2-4-17(32)31-33)14(25)8-11(16)20(34)30-19-12(23)5-6-13(24)18(19)26/h5-6,8-10H,2-4,7H2,1H3,(H,30,34)/t10-/m0/s1. The van der Waals surface area contributed by atoms with E-state index in [1.165, 1.54) is 4.57 Å². The number of hydrogen-bond donors (Lipinski definition) is 1. The first kappa shape index (κ1) is 25.6. The zero-order valence-electron chi connectivity index (χ0n) is 18.4. The number of aromatic nitrogens is 3. The third kappa shape index (κ3) is 4.79. The van der Waals surface area contributed by atoms with Gasteiger partial charge in [0.2, 0.25) is 0 Å². The first-order valence-electron chi connectivity index (χ1n) is 10.6. The number of alkyl halides is 3. The number of anilines is 1. The largest absolute Gasteiger partial charge is 0.480 e. The summed E-state index contributed by atoms with van der Waals surface area (Å²) in [6.07, 6.45) is -5.45. The summed E-state index contributed by atoms with van der Waals surface area (Å²) in [5.74, 6) is -5.84. The predicted molar refractivity (Wildman–Crippen MR) is 116 cm³/mol. The van der Waals surface area contributed by atoms with Crippen LogP contribution in [0.2, 0.25) is 5.02 Å². The number of carbonyl (C=O) groups excluding carboxylic acids is 1. The van der Waals surface area contributed by atoms with E-state index in [0.29, 0.717) is 48.9 Å². The van der Waals surface area contributed by atoms with Crippen molar-refractivity contribution in [1.29, 1.82) is 0 Å². The molecule has 0 bridgehead atoms. The van der Waals surface area contributed by atoms with Crippen LogP contribution in [-0.4, -0.2) is 32.5 Å². The molecule has 2 aromatic carbocycles. The van der Waals surface area contributed by atoms with Crippen LogP contribution in [0.25, 0.3) is 5.69 Å². The summed E-state index contributed by atoms with van der Waals surface area (Å²) >= 11 is 5.80. The molecule has 1 amide bonds. The Morgan fingerprint density at radius 2 is 1.89 bits per heavy atom. The summed E-state index contributed by atoms with van der Waals surface area (Å²) in [5, 5.41) is 5.57. The maximum absolute atomic E-state index is 15.1. The molecule has 0 saturated carbocycles. The molecule has 0 saturated heterocycles. The number of amides is 1. The second-order valence-corrected chi connectivity index (χ2v) is 8.40. The molecule has 0 radical (unpaired) electrons. The normalized spacial score (nSPS) is 14.3. The molecule has 1 N–H and O–H groups in total. The number of aryl methyl sites for hydroxylation is 1. The van der Waals surface area contributed by atoms with Crippen molar-refractivity contribution in [2.24, 2.45) is 0 Å². The molecule has 1 aliphatic rings. The van der Waals surface area contributed by atoms with E-state index >= 15 is 4.39 Å². The summed E-state index contributed by atoms with van der Waals surface area (Å²) in [5.41, 5.74) is -2.87. The minimum absolute atomic E-state index is 0.338. The van der Waals surface area contributed by atoms with E-state index in [0.717, 1.165) is 18.6 Å². The zero-order valence-corrected chi connectivity index (χ0v) is 19.2. The molecule has 192 valence electrons. The molecule has 0 spiro atoms. The highest BCUT2D eigenvalue weighted by atomic mass is 35.5. The van der Waals surface area contributed by atoms with Crippen molar-refractivity contribution < 1.29 is 35.9 Å². The van der Waals surface area contributed by atoms with Crippen LogP contribution in [-0.2, 0) is 13.0 Å². The Morgan fingerprint density at radius 1 is 1.17 bits per heavy atom. The monoisotopic (exact) mass is 534 g/mol. The van der Waals surface area contributed by atoms with Crippen LogP contribution in [0.1, 0.15) is 35.9 Å². The van der Waals surface area contributed by atoms with E-state index in [1.807, 2.05) is 5.32 Å². The lowest BCUT2D eigenvalue weighted by Crippen LogP contribution is -2.32. The quantitative estimate of drug-likeness (QED) is 0.368. The highest BCUT2D eigenvalue weighted by Crippen LogP contribution is 2.33. The van der Waals surface area contributed by atoms with Gasteiger partial charge in [-0.2, -0.15) is 17.9 Å². The number of rotatable bonds is 5. The number of hydrogen-bond acceptors (Lipinski definition) is 4. The lowest BCUT2D eigenvalue weighted by molar-refractivity contribution is -0.189. The van der Waals surface area contributed by atoms with Crippen LogP contribution in [0, 0.1) is 17.5 Å². The SMILES string of the molecule is C[C@H](Oc1cc(-n2nc3n(c2=O)CCCC3)c(F)cc1C(=O)Nc1c(Cl)ccc(F)c1F)C(F)(F)F. The van der Waals surface area contributed by atoms with Gasteiger partial charge in [0.15, 0.2) is 17.7 Å². The Hall–Kier alpha value is -3.48. The minimum Gasteiger partial charge on any atom is -0.480 e. The summed E-state index contributed by atoms with van der Waals surface area (Å²) in [6.45, 7) is 0.986. The van der Waals surface area contributed by atoms with Gasteiger partial charge < -0.3 is 10.1 Å². The van der Waals surface area contributed by atoms with Crippen LogP contribution in [0.3, 0.4) is 0 Å². The number of ether oxygens (including phenoxy) is 1. The second kappa shape index (κ2) is 9.52. The van der Waals surface area contributed by atoms with E-state index in [9.17, 15) is 31.5 Å². The molecule has 2 heterocycles. The first-order valence-corrected chi connectivity index (χ1v) is 11.0. The van der Waals surface area contributed by atoms with Crippen molar-refractivity contribution in [1.82, 2.24) is 14.3 Å². The fourth-order valence-corrected chi connectivity index (χ4v) is 3.81. The van der Waals surface area contributed by atoms with Gasteiger partial charge >= 0.3 is 11.9 Å². The van der Waals surface area contributed by atoms with Crippen LogP contribution < -0.4 is 15.7 Å². The number of nitrogens with one attached hydrogen (secondary N) is 1. The van der Waals surface area contributed by atoms with Crippen LogP contribution in [0.15, 0.2) is 29.1 Å². The number of halogens is 7. The topological polar surface area (TPSA) is 78.2 Å². The fraction of sp³-hybridized carbons (Fsp3) is 0.318. The van der Waals surface area contributed by atoms with Crippen LogP contribution >= 0.6 is 11.6 Å². The number of benzene rings is 2. The predicted octanol–water partition coefficient (Wildman–Crippen LogP) is 5.02. The van der Waals surface area contributed by atoms with Crippen molar-refractivity contribution in [2.45, 2.75) is 45.0 Å². The van der Waals surface area contributed by atoms with Gasteiger partial charge in [0.1, 0.15) is 23.1 Å². The summed E-state index contributed by atoms with van der Waals surface area (Å²) in [6, 6.07) is 2.87. The average molecular weight is 535 g/mol. The Kier molecular flexibility index (Phi) is 6.78. The van der Waals surface area contributed by atoms with Crippen LogP contribution in [0.4, 0.5) is 32.0 Å². The van der Waals surface area contributed by atoms with E-state index in [-0.39, 0.29) is 0 Å².